The Hall–Kier alpha value is -2.10. The fourth-order valence-electron chi connectivity index (χ4n) is 1.94. The molecule has 4 heteroatoms. The maximum atomic E-state index is 11.2. The molecule has 0 saturated heterocycles. The molecule has 1 heterocycles. The minimum atomic E-state index is -0.0656. The molecule has 4 nitrogen and oxygen atoms in total. The van der Waals surface area contributed by atoms with Crippen LogP contribution in [0, 0.1) is 13.8 Å². The average molecular weight is 244 g/mol. The molecule has 0 saturated carbocycles. The summed E-state index contributed by atoms with van der Waals surface area (Å²) in [6.07, 6.45) is 1.69. The predicted molar refractivity (Wildman–Crippen MR) is 70.1 cm³/mol. The van der Waals surface area contributed by atoms with Gasteiger partial charge in [0.15, 0.2) is 11.6 Å². The molecular weight excluding hydrogens is 228 g/mol. The monoisotopic (exact) mass is 244 g/mol. The van der Waals surface area contributed by atoms with E-state index in [-0.39, 0.29) is 5.78 Å². The normalized spacial score (nSPS) is 10.4. The van der Waals surface area contributed by atoms with E-state index in [9.17, 15) is 4.79 Å². The summed E-state index contributed by atoms with van der Waals surface area (Å²) in [5.74, 6) is 1.18. The number of hydrogen-bond acceptors (Lipinski definition) is 3. The number of rotatable bonds is 3. The van der Waals surface area contributed by atoms with E-state index in [1.54, 1.807) is 13.3 Å². The van der Waals surface area contributed by atoms with Crippen molar-refractivity contribution in [3.8, 4) is 17.0 Å². The fourth-order valence-corrected chi connectivity index (χ4v) is 1.94. The molecule has 2 rings (SSSR count). The number of carbonyl (C=O) groups excluding carboxylic acids is 1. The summed E-state index contributed by atoms with van der Waals surface area (Å²) in [5.41, 5.74) is 4.02. The Labute approximate surface area is 106 Å². The van der Waals surface area contributed by atoms with E-state index in [1.807, 2.05) is 26.0 Å². The number of H-pyrrole nitrogens is 1. The highest BCUT2D eigenvalue weighted by molar-refractivity contribution is 5.91. The molecule has 0 atom stereocenters. The number of Topliss-reactive ketones (excluding diaryl/α,β-unsaturated/α-hetero) is 1. The third-order valence-electron chi connectivity index (χ3n) is 2.94. The van der Waals surface area contributed by atoms with Crippen LogP contribution in [0.3, 0.4) is 0 Å². The topological polar surface area (TPSA) is 55.0 Å². The van der Waals surface area contributed by atoms with Gasteiger partial charge in [-0.1, -0.05) is 0 Å². The van der Waals surface area contributed by atoms with Gasteiger partial charge in [0.25, 0.3) is 0 Å². The first-order chi connectivity index (χ1) is 8.52. The Morgan fingerprint density at radius 3 is 2.56 bits per heavy atom. The zero-order valence-corrected chi connectivity index (χ0v) is 11.0. The van der Waals surface area contributed by atoms with Gasteiger partial charge in [-0.05, 0) is 37.1 Å². The largest absolute Gasteiger partial charge is 0.496 e. The van der Waals surface area contributed by atoms with E-state index in [2.05, 4.69) is 9.97 Å². The molecule has 0 aliphatic heterocycles. The Balaban J connectivity index is 2.50. The number of ether oxygens (including phenoxy) is 1. The highest BCUT2D eigenvalue weighted by Crippen LogP contribution is 2.28. The zero-order valence-electron chi connectivity index (χ0n) is 11.0. The van der Waals surface area contributed by atoms with Crippen molar-refractivity contribution in [1.82, 2.24) is 9.97 Å². The van der Waals surface area contributed by atoms with Crippen LogP contribution in [-0.2, 0) is 0 Å². The van der Waals surface area contributed by atoms with E-state index in [1.165, 1.54) is 6.92 Å². The van der Waals surface area contributed by atoms with Crippen molar-refractivity contribution in [1.29, 1.82) is 0 Å². The summed E-state index contributed by atoms with van der Waals surface area (Å²) in [4.78, 5) is 18.3. The number of nitrogens with zero attached hydrogens (tertiary/aromatic N) is 1. The van der Waals surface area contributed by atoms with Crippen LogP contribution >= 0.6 is 0 Å². The molecule has 1 aromatic carbocycles. The average Bonchev–Trinajstić information content (AvgIpc) is 2.81. The summed E-state index contributed by atoms with van der Waals surface area (Å²) in [5, 5.41) is 0. The van der Waals surface area contributed by atoms with E-state index >= 15 is 0 Å². The van der Waals surface area contributed by atoms with Gasteiger partial charge in [-0.3, -0.25) is 4.79 Å². The van der Waals surface area contributed by atoms with Crippen LogP contribution in [0.4, 0.5) is 0 Å². The molecule has 0 spiro atoms. The second-order valence-electron chi connectivity index (χ2n) is 4.34. The van der Waals surface area contributed by atoms with Crippen molar-refractivity contribution in [3.63, 3.8) is 0 Å². The van der Waals surface area contributed by atoms with Gasteiger partial charge < -0.3 is 9.72 Å². The molecule has 0 amide bonds. The van der Waals surface area contributed by atoms with E-state index in [0.717, 1.165) is 28.1 Å². The molecule has 18 heavy (non-hydrogen) atoms. The standard InChI is InChI=1S/C14H16N2O2/c1-8-6-13(18-4)9(2)5-11(8)12-7-15-14(16-12)10(3)17/h5-7H,1-4H3,(H,15,16). The van der Waals surface area contributed by atoms with Crippen LogP contribution in [0.25, 0.3) is 11.3 Å². The summed E-state index contributed by atoms with van der Waals surface area (Å²) in [6.45, 7) is 5.49. The lowest BCUT2D eigenvalue weighted by Gasteiger charge is -2.09. The van der Waals surface area contributed by atoms with Gasteiger partial charge >= 0.3 is 0 Å². The molecule has 0 bridgehead atoms. The number of ketones is 1. The minimum Gasteiger partial charge on any atom is -0.496 e. The van der Waals surface area contributed by atoms with Crippen LogP contribution in [0.2, 0.25) is 0 Å². The molecule has 0 unspecified atom stereocenters. The number of aryl methyl sites for hydroxylation is 2. The zero-order chi connectivity index (χ0) is 13.3. The van der Waals surface area contributed by atoms with Crippen molar-refractivity contribution in [3.05, 3.63) is 35.3 Å². The number of aromatic amines is 1. The van der Waals surface area contributed by atoms with Crippen molar-refractivity contribution < 1.29 is 9.53 Å². The number of imidazole rings is 1. The highest BCUT2D eigenvalue weighted by Gasteiger charge is 2.11. The number of benzene rings is 1. The first-order valence-electron chi connectivity index (χ1n) is 5.74. The van der Waals surface area contributed by atoms with E-state index in [4.69, 9.17) is 4.74 Å². The highest BCUT2D eigenvalue weighted by atomic mass is 16.5. The Bertz CT molecular complexity index is 600. The predicted octanol–water partition coefficient (Wildman–Crippen LogP) is 2.90. The van der Waals surface area contributed by atoms with Crippen LogP contribution in [0.5, 0.6) is 5.75 Å². The summed E-state index contributed by atoms with van der Waals surface area (Å²) >= 11 is 0. The third kappa shape index (κ3) is 2.14. The van der Waals surface area contributed by atoms with E-state index in [0.29, 0.717) is 5.82 Å². The lowest BCUT2D eigenvalue weighted by atomic mass is 10.0. The lowest BCUT2D eigenvalue weighted by molar-refractivity contribution is 0.100. The SMILES string of the molecule is COc1cc(C)c(-c2cnc(C(C)=O)[nH]2)cc1C. The quantitative estimate of drug-likeness (QED) is 0.844. The Morgan fingerprint density at radius 2 is 2.00 bits per heavy atom. The Morgan fingerprint density at radius 1 is 1.28 bits per heavy atom. The van der Waals surface area contributed by atoms with Gasteiger partial charge in [0.2, 0.25) is 0 Å². The molecule has 0 fully saturated rings. The molecule has 0 aliphatic carbocycles. The number of methoxy groups -OCH3 is 1. The molecule has 94 valence electrons. The molecule has 0 radical (unpaired) electrons. The Kier molecular flexibility index (Phi) is 3.19. The number of hydrogen-bond donors (Lipinski definition) is 1. The van der Waals surface area contributed by atoms with E-state index < -0.39 is 0 Å². The number of carbonyl (C=O) groups is 1. The molecule has 1 aromatic heterocycles. The van der Waals surface area contributed by atoms with Gasteiger partial charge in [0, 0.05) is 12.5 Å². The number of aromatic nitrogens is 2. The van der Waals surface area contributed by atoms with Crippen LogP contribution in [-0.4, -0.2) is 22.9 Å². The van der Waals surface area contributed by atoms with Gasteiger partial charge in [-0.2, -0.15) is 0 Å². The van der Waals surface area contributed by atoms with Crippen LogP contribution in [0.1, 0.15) is 28.7 Å². The minimum absolute atomic E-state index is 0.0656. The lowest BCUT2D eigenvalue weighted by Crippen LogP contribution is -1.95. The van der Waals surface area contributed by atoms with Crippen molar-refractivity contribution in [2.45, 2.75) is 20.8 Å². The molecule has 1 N–H and O–H groups in total. The third-order valence-corrected chi connectivity index (χ3v) is 2.94. The fraction of sp³-hybridized carbons (Fsp3) is 0.286. The van der Waals surface area contributed by atoms with Crippen LogP contribution in [0.15, 0.2) is 18.3 Å². The van der Waals surface area contributed by atoms with Gasteiger partial charge in [0.05, 0.1) is 19.0 Å². The number of nitrogens with one attached hydrogen (secondary N) is 1. The summed E-state index contributed by atoms with van der Waals surface area (Å²) in [6, 6.07) is 4.02. The van der Waals surface area contributed by atoms with Gasteiger partial charge in [-0.25, -0.2) is 4.98 Å². The van der Waals surface area contributed by atoms with Crippen molar-refractivity contribution in [2.75, 3.05) is 7.11 Å². The molecule has 0 aliphatic rings. The van der Waals surface area contributed by atoms with Gasteiger partial charge in [0.1, 0.15) is 5.75 Å². The van der Waals surface area contributed by atoms with Crippen molar-refractivity contribution >= 4 is 5.78 Å². The first-order valence-corrected chi connectivity index (χ1v) is 5.74. The summed E-state index contributed by atoms with van der Waals surface area (Å²) in [7, 11) is 1.66. The smallest absolute Gasteiger partial charge is 0.194 e. The maximum absolute atomic E-state index is 11.2. The molecule has 2 aromatic rings. The summed E-state index contributed by atoms with van der Waals surface area (Å²) < 4.78 is 5.28. The molecular formula is C14H16N2O2. The first kappa shape index (κ1) is 12.4. The second kappa shape index (κ2) is 4.64. The van der Waals surface area contributed by atoms with Crippen molar-refractivity contribution in [2.24, 2.45) is 0 Å². The second-order valence-corrected chi connectivity index (χ2v) is 4.34. The van der Waals surface area contributed by atoms with Gasteiger partial charge in [-0.15, -0.1) is 0 Å². The maximum Gasteiger partial charge on any atom is 0.194 e. The van der Waals surface area contributed by atoms with Crippen LogP contribution < -0.4 is 4.74 Å².